The minimum Gasteiger partial charge on any atom is -0.491 e. The molecular formula is C21H22BrCl2N3O3. The van der Waals surface area contributed by atoms with E-state index < -0.39 is 5.60 Å². The third kappa shape index (κ3) is 3.24. The molecule has 0 saturated carbocycles. The number of ether oxygens (including phenoxy) is 2. The first-order valence-electron chi connectivity index (χ1n) is 10.1. The van der Waals surface area contributed by atoms with Crippen LogP contribution < -0.4 is 4.74 Å². The van der Waals surface area contributed by atoms with Crippen molar-refractivity contribution < 1.29 is 14.3 Å². The Hall–Kier alpha value is -1.31. The molecule has 2 fully saturated rings. The Kier molecular flexibility index (Phi) is 4.88. The predicted molar refractivity (Wildman–Crippen MR) is 118 cm³/mol. The number of nitrogens with zero attached hydrogens (tertiary/aromatic N) is 3. The lowest BCUT2D eigenvalue weighted by atomic mass is 9.78. The van der Waals surface area contributed by atoms with Gasteiger partial charge in [-0.05, 0) is 73.6 Å². The van der Waals surface area contributed by atoms with E-state index in [4.69, 9.17) is 32.7 Å². The maximum atomic E-state index is 13.0. The van der Waals surface area contributed by atoms with Crippen LogP contribution >= 0.6 is 39.1 Å². The number of carbonyl (C=O) groups is 1. The number of amides is 1. The zero-order valence-corrected chi connectivity index (χ0v) is 20.0. The van der Waals surface area contributed by atoms with Crippen molar-refractivity contribution in [2.45, 2.75) is 63.6 Å². The fourth-order valence-electron chi connectivity index (χ4n) is 5.23. The van der Waals surface area contributed by atoms with Crippen molar-refractivity contribution in [2.75, 3.05) is 6.61 Å². The van der Waals surface area contributed by atoms with Gasteiger partial charge in [0, 0.05) is 28.4 Å². The first-order chi connectivity index (χ1) is 14.1. The van der Waals surface area contributed by atoms with E-state index in [2.05, 4.69) is 25.9 Å². The summed E-state index contributed by atoms with van der Waals surface area (Å²) in [4.78, 5) is 24.0. The Bertz CT molecular complexity index is 1060. The standard InChI is InChI=1S/C21H22BrCl2N3O3/c1-21(2,3)30-20(28)27-9-4-5-14(27)11-8-29-18-15-13(7-12(22)16(18)23)25-19(24)26-17(15)10(11)6-9/h7,9-11,14H,4-6,8H2,1-3H3/t9-,10?,11+,14+/m1/s1. The van der Waals surface area contributed by atoms with Gasteiger partial charge in [0.1, 0.15) is 11.4 Å². The van der Waals surface area contributed by atoms with Crippen molar-refractivity contribution in [1.29, 1.82) is 0 Å². The van der Waals surface area contributed by atoms with Crippen molar-refractivity contribution in [3.8, 4) is 5.75 Å². The largest absolute Gasteiger partial charge is 0.491 e. The minimum atomic E-state index is -0.532. The molecule has 3 aliphatic rings. The van der Waals surface area contributed by atoms with Gasteiger partial charge >= 0.3 is 6.09 Å². The van der Waals surface area contributed by atoms with Gasteiger partial charge in [-0.15, -0.1) is 0 Å². The second-order valence-corrected chi connectivity index (χ2v) is 10.8. The molecule has 0 aliphatic carbocycles. The number of hydrogen-bond donors (Lipinski definition) is 0. The topological polar surface area (TPSA) is 64.5 Å². The molecule has 0 N–H and O–H groups in total. The molecule has 9 heteroatoms. The van der Waals surface area contributed by atoms with Crippen LogP contribution in [-0.4, -0.2) is 45.3 Å². The zero-order valence-electron chi connectivity index (χ0n) is 16.9. The van der Waals surface area contributed by atoms with Crippen LogP contribution in [0.25, 0.3) is 10.9 Å². The van der Waals surface area contributed by atoms with Gasteiger partial charge in [0.15, 0.2) is 0 Å². The average molecular weight is 515 g/mol. The Morgan fingerprint density at radius 1 is 1.30 bits per heavy atom. The van der Waals surface area contributed by atoms with E-state index in [-0.39, 0.29) is 35.3 Å². The van der Waals surface area contributed by atoms with E-state index in [9.17, 15) is 4.79 Å². The molecule has 2 saturated heterocycles. The van der Waals surface area contributed by atoms with E-state index >= 15 is 0 Å². The molecule has 0 radical (unpaired) electrons. The van der Waals surface area contributed by atoms with Crippen LogP contribution in [0.1, 0.15) is 51.6 Å². The van der Waals surface area contributed by atoms with Crippen LogP contribution in [0, 0.1) is 5.92 Å². The van der Waals surface area contributed by atoms with Crippen molar-refractivity contribution in [1.82, 2.24) is 14.9 Å². The molecule has 1 aromatic carbocycles. The fourth-order valence-corrected chi connectivity index (χ4v) is 6.01. The second-order valence-electron chi connectivity index (χ2n) is 9.28. The van der Waals surface area contributed by atoms with Gasteiger partial charge in [-0.25, -0.2) is 14.8 Å². The number of rotatable bonds is 0. The highest BCUT2D eigenvalue weighted by Crippen LogP contribution is 2.52. The molecule has 0 spiro atoms. The number of benzene rings is 1. The molecule has 2 bridgehead atoms. The summed E-state index contributed by atoms with van der Waals surface area (Å²) < 4.78 is 12.7. The van der Waals surface area contributed by atoms with Crippen LogP contribution in [0.15, 0.2) is 10.5 Å². The van der Waals surface area contributed by atoms with Gasteiger partial charge in [-0.2, -0.15) is 0 Å². The number of piperidine rings is 1. The van der Waals surface area contributed by atoms with Crippen molar-refractivity contribution in [3.63, 3.8) is 0 Å². The Labute approximate surface area is 193 Å². The molecule has 1 unspecified atom stereocenters. The Morgan fingerprint density at radius 2 is 2.07 bits per heavy atom. The Balaban J connectivity index is 1.59. The van der Waals surface area contributed by atoms with Crippen molar-refractivity contribution in [3.05, 3.63) is 26.5 Å². The van der Waals surface area contributed by atoms with E-state index in [1.54, 1.807) is 0 Å². The number of fused-ring (bicyclic) bond motifs is 5. The van der Waals surface area contributed by atoms with Gasteiger partial charge < -0.3 is 14.4 Å². The molecule has 3 aliphatic heterocycles. The summed E-state index contributed by atoms with van der Waals surface area (Å²) in [7, 11) is 0. The predicted octanol–water partition coefficient (Wildman–Crippen LogP) is 5.96. The van der Waals surface area contributed by atoms with Crippen LogP contribution in [0.4, 0.5) is 4.79 Å². The summed E-state index contributed by atoms with van der Waals surface area (Å²) in [6.07, 6.45) is 2.41. The molecule has 5 rings (SSSR count). The molecule has 160 valence electrons. The van der Waals surface area contributed by atoms with E-state index in [0.29, 0.717) is 27.4 Å². The fraction of sp³-hybridized carbons (Fsp3) is 0.571. The summed E-state index contributed by atoms with van der Waals surface area (Å²) in [5.74, 6) is 0.775. The summed E-state index contributed by atoms with van der Waals surface area (Å²) in [5.41, 5.74) is 1.05. The number of halogens is 3. The van der Waals surface area contributed by atoms with Gasteiger partial charge in [-0.1, -0.05) is 11.6 Å². The lowest BCUT2D eigenvalue weighted by Crippen LogP contribution is -2.53. The highest BCUT2D eigenvalue weighted by atomic mass is 79.9. The van der Waals surface area contributed by atoms with Gasteiger partial charge in [0.2, 0.25) is 5.28 Å². The smallest absolute Gasteiger partial charge is 0.410 e. The molecular weight excluding hydrogens is 493 g/mol. The summed E-state index contributed by atoms with van der Waals surface area (Å²) >= 11 is 16.4. The summed E-state index contributed by atoms with van der Waals surface area (Å²) in [5, 5.41) is 1.54. The monoisotopic (exact) mass is 513 g/mol. The molecule has 1 amide bonds. The van der Waals surface area contributed by atoms with E-state index in [0.717, 1.165) is 30.3 Å². The first kappa shape index (κ1) is 20.6. The minimum absolute atomic E-state index is 0.0314. The zero-order chi connectivity index (χ0) is 21.4. The van der Waals surface area contributed by atoms with Crippen LogP contribution in [0.5, 0.6) is 5.75 Å². The first-order valence-corrected chi connectivity index (χ1v) is 11.7. The summed E-state index contributed by atoms with van der Waals surface area (Å²) in [6.45, 7) is 6.12. The van der Waals surface area contributed by atoms with E-state index in [1.165, 1.54) is 0 Å². The SMILES string of the molecule is CC(C)(C)OC(=O)N1[C@@H]2CC[C@H]1[C@H]1COc3c(Cl)c(Br)cc4nc(Cl)nc(c34)C1C2. The maximum Gasteiger partial charge on any atom is 0.410 e. The quantitative estimate of drug-likeness (QED) is 0.405. The van der Waals surface area contributed by atoms with Gasteiger partial charge in [0.05, 0.1) is 28.2 Å². The van der Waals surface area contributed by atoms with Crippen molar-refractivity contribution in [2.24, 2.45) is 5.92 Å². The lowest BCUT2D eigenvalue weighted by Gasteiger charge is -2.43. The van der Waals surface area contributed by atoms with E-state index in [1.807, 2.05) is 31.7 Å². The molecule has 30 heavy (non-hydrogen) atoms. The molecule has 1 aromatic heterocycles. The molecule has 6 nitrogen and oxygen atoms in total. The maximum absolute atomic E-state index is 13.0. The number of carbonyl (C=O) groups excluding carboxylic acids is 1. The summed E-state index contributed by atoms with van der Waals surface area (Å²) in [6, 6.07) is 2.00. The Morgan fingerprint density at radius 3 is 2.80 bits per heavy atom. The number of hydrogen-bond acceptors (Lipinski definition) is 5. The molecule has 4 atom stereocenters. The average Bonchev–Trinajstić information content (AvgIpc) is 2.87. The molecule has 4 heterocycles. The normalized spacial score (nSPS) is 27.5. The highest BCUT2D eigenvalue weighted by Gasteiger charge is 2.52. The number of aromatic nitrogens is 2. The third-order valence-electron chi connectivity index (χ3n) is 6.30. The van der Waals surface area contributed by atoms with Gasteiger partial charge in [0.25, 0.3) is 0 Å². The lowest BCUT2D eigenvalue weighted by molar-refractivity contribution is -0.0102. The van der Waals surface area contributed by atoms with Gasteiger partial charge in [-0.3, -0.25) is 0 Å². The van der Waals surface area contributed by atoms with Crippen LogP contribution in [-0.2, 0) is 4.74 Å². The third-order valence-corrected chi connectivity index (χ3v) is 7.69. The van der Waals surface area contributed by atoms with Crippen LogP contribution in [0.3, 0.4) is 0 Å². The molecule has 2 aromatic rings. The van der Waals surface area contributed by atoms with Crippen molar-refractivity contribution >= 4 is 56.1 Å². The highest BCUT2D eigenvalue weighted by molar-refractivity contribution is 9.10. The van der Waals surface area contributed by atoms with Crippen LogP contribution in [0.2, 0.25) is 10.3 Å². The second kappa shape index (κ2) is 7.10.